The Bertz CT molecular complexity index is 1450. The number of hydrogen-bond acceptors (Lipinski definition) is 8. The van der Waals surface area contributed by atoms with Gasteiger partial charge in [0.25, 0.3) is 0 Å². The minimum atomic E-state index is -0.815. The fraction of sp³-hybridized carbons (Fsp3) is 0.484. The molecule has 0 bridgehead atoms. The monoisotopic (exact) mass is 714 g/mol. The Morgan fingerprint density at radius 2 is 1.58 bits per heavy atom. The van der Waals surface area contributed by atoms with Crippen LogP contribution in [0.15, 0.2) is 41.9 Å². The van der Waals surface area contributed by atoms with Crippen molar-refractivity contribution in [2.75, 3.05) is 25.0 Å². The molecular formula is C31H40Cl4N7O2S+. The van der Waals surface area contributed by atoms with Crippen LogP contribution in [-0.4, -0.2) is 75.6 Å². The molecule has 1 aliphatic heterocycles. The molecule has 244 valence electrons. The van der Waals surface area contributed by atoms with Crippen molar-refractivity contribution in [2.45, 2.75) is 70.1 Å². The van der Waals surface area contributed by atoms with Gasteiger partial charge in [0.1, 0.15) is 5.51 Å². The number of piperazine rings is 1. The highest BCUT2D eigenvalue weighted by Gasteiger charge is 2.41. The first-order valence-corrected chi connectivity index (χ1v) is 17.4. The Labute approximate surface area is 288 Å². The minimum Gasteiger partial charge on any atom is -0.360 e. The van der Waals surface area contributed by atoms with Gasteiger partial charge in [-0.05, 0) is 55.4 Å². The lowest BCUT2D eigenvalue weighted by Crippen LogP contribution is -2.65. The fourth-order valence-corrected chi connectivity index (χ4v) is 7.20. The van der Waals surface area contributed by atoms with Crippen molar-refractivity contribution in [3.05, 3.63) is 73.1 Å². The van der Waals surface area contributed by atoms with E-state index in [0.29, 0.717) is 59.0 Å². The number of nitrogens with one attached hydrogen (secondary N) is 1. The molecule has 0 aliphatic carbocycles. The number of nitrogens with zero attached hydrogens (tertiary/aromatic N) is 4. The van der Waals surface area contributed by atoms with Crippen LogP contribution in [0.2, 0.25) is 20.1 Å². The van der Waals surface area contributed by atoms with Gasteiger partial charge in [-0.25, -0.2) is 0 Å². The molecule has 1 fully saturated rings. The number of carbonyl (C=O) groups is 2. The minimum absolute atomic E-state index is 0.161. The van der Waals surface area contributed by atoms with Crippen molar-refractivity contribution < 1.29 is 21.2 Å². The summed E-state index contributed by atoms with van der Waals surface area (Å²) in [5, 5.41) is 14.0. The van der Waals surface area contributed by atoms with Gasteiger partial charge in [0.15, 0.2) is 11.6 Å². The van der Waals surface area contributed by atoms with E-state index in [1.54, 1.807) is 35.8 Å². The molecule has 9 nitrogen and oxygen atoms in total. The second-order valence-corrected chi connectivity index (χ2v) is 14.4. The van der Waals surface area contributed by atoms with Crippen molar-refractivity contribution in [1.29, 1.82) is 0 Å². The van der Waals surface area contributed by atoms with Gasteiger partial charge >= 0.3 is 0 Å². The number of carbonyl (C=O) groups excluding carboxylic acids is 2. The van der Waals surface area contributed by atoms with E-state index < -0.39 is 12.1 Å². The maximum atomic E-state index is 14.0. The molecule has 0 saturated carbocycles. The van der Waals surface area contributed by atoms with E-state index in [-0.39, 0.29) is 36.2 Å². The molecule has 2 heterocycles. The fourth-order valence-electron chi connectivity index (χ4n) is 5.72. The molecule has 2 aromatic carbocycles. The Morgan fingerprint density at radius 3 is 2.18 bits per heavy atom. The van der Waals surface area contributed by atoms with Crippen molar-refractivity contribution >= 4 is 63.1 Å². The third kappa shape index (κ3) is 9.91. The molecule has 45 heavy (non-hydrogen) atoms. The molecule has 0 radical (unpaired) electrons. The predicted octanol–water partition coefficient (Wildman–Crippen LogP) is 4.98. The average molecular weight is 717 g/mol. The quantitative estimate of drug-likeness (QED) is 0.213. The topological polar surface area (TPSA) is 130 Å². The van der Waals surface area contributed by atoms with E-state index in [9.17, 15) is 9.59 Å². The third-order valence-corrected chi connectivity index (χ3v) is 9.77. The number of aromatic nitrogens is 2. The number of hydrogen-bond donors (Lipinski definition) is 3. The molecule has 2 amide bonds. The molecule has 4 atom stereocenters. The van der Waals surface area contributed by atoms with Crippen molar-refractivity contribution in [2.24, 2.45) is 17.4 Å². The first-order chi connectivity index (χ1) is 21.4. The van der Waals surface area contributed by atoms with Crippen LogP contribution in [-0.2, 0) is 22.4 Å². The van der Waals surface area contributed by atoms with Gasteiger partial charge in [-0.15, -0.1) is 10.2 Å². The third-order valence-electron chi connectivity index (χ3n) is 7.91. The summed E-state index contributed by atoms with van der Waals surface area (Å²) in [5.74, 6) is -0.0558. The van der Waals surface area contributed by atoms with Gasteiger partial charge < -0.3 is 26.6 Å². The number of halogens is 4. The Hall–Kier alpha value is -2.18. The van der Waals surface area contributed by atoms with E-state index in [1.165, 1.54) is 11.3 Å². The zero-order valence-electron chi connectivity index (χ0n) is 25.3. The van der Waals surface area contributed by atoms with Crippen LogP contribution in [0.3, 0.4) is 0 Å². The second kappa shape index (κ2) is 16.6. The van der Waals surface area contributed by atoms with Crippen LogP contribution in [0.25, 0.3) is 0 Å². The van der Waals surface area contributed by atoms with Crippen LogP contribution in [0.1, 0.15) is 44.2 Å². The molecule has 5 N–H and O–H groups in total. The molecular weight excluding hydrogens is 676 g/mol. The maximum absolute atomic E-state index is 14.0. The van der Waals surface area contributed by atoms with E-state index >= 15 is 0 Å². The molecule has 0 spiro atoms. The summed E-state index contributed by atoms with van der Waals surface area (Å²) in [4.78, 5) is 31.7. The lowest BCUT2D eigenvalue weighted by molar-refractivity contribution is -0.290. The molecule has 14 heteroatoms. The molecule has 1 aliphatic rings. The van der Waals surface area contributed by atoms with Gasteiger partial charge in [0.05, 0.1) is 12.1 Å². The van der Waals surface area contributed by atoms with Gasteiger partial charge in [-0.1, -0.05) is 72.1 Å². The van der Waals surface area contributed by atoms with Gasteiger partial charge in [-0.3, -0.25) is 9.59 Å². The highest BCUT2D eigenvalue weighted by Crippen LogP contribution is 2.27. The zero-order chi connectivity index (χ0) is 32.7. The van der Waals surface area contributed by atoms with Crippen molar-refractivity contribution in [1.82, 2.24) is 20.0 Å². The Morgan fingerprint density at radius 1 is 0.978 bits per heavy atom. The van der Waals surface area contributed by atoms with Crippen molar-refractivity contribution in [3.63, 3.8) is 0 Å². The first kappa shape index (κ1) is 35.7. The van der Waals surface area contributed by atoms with Gasteiger partial charge in [-0.2, -0.15) is 0 Å². The molecule has 3 aromatic rings. The van der Waals surface area contributed by atoms with Crippen LogP contribution in [0.4, 0.5) is 5.13 Å². The summed E-state index contributed by atoms with van der Waals surface area (Å²) in [7, 11) is 0. The van der Waals surface area contributed by atoms with Crippen LogP contribution >= 0.6 is 46.1 Å². The highest BCUT2D eigenvalue weighted by atomic mass is 35.5. The number of amides is 2. The molecule has 4 rings (SSSR count). The molecule has 1 saturated heterocycles. The summed E-state index contributed by atoms with van der Waals surface area (Å²) in [6.45, 7) is 5.56. The summed E-state index contributed by atoms with van der Waals surface area (Å²) in [6.07, 6.45) is 2.65. The largest absolute Gasteiger partial charge is 0.360 e. The lowest BCUT2D eigenvalue weighted by Gasteiger charge is -2.48. The standard InChI is InChI=1S/C31H40Cl4N7O2S/c1-18(2)10-24-16-41(29(43)27(36)11-19-5-7-21(32)13-25(19)34)23(4-3-9-38-31-40-39-17-45-31)15-42(24)30(44)28(37)12-20-6-8-22(33)14-26(20)35/h5-8,13-14,17-18,23-24,27-28,35H,3-4,9-12,15-16,36-37H2,1-2H3,(H,38,40)/q+1/t23-,24+,27+,28-/m0/s1. The van der Waals surface area contributed by atoms with E-state index in [2.05, 4.69) is 29.4 Å². The van der Waals surface area contributed by atoms with Crippen LogP contribution in [0, 0.1) is 17.5 Å². The maximum Gasteiger partial charge on any atom is 0.240 e. The SMILES string of the molecule is CC(C)C[C@@H]1CN(C(=O)[C@H](N)Cc2ccc(Cl)cc2Cl)[C@@H](CCCNc2nncs2)CN1C(=O)[C@@H](N)Cc1ccc(Cl)cc1[ClH+]. The summed E-state index contributed by atoms with van der Waals surface area (Å²) >= 11 is 25.5. The van der Waals surface area contributed by atoms with Gasteiger partial charge in [0, 0.05) is 64.8 Å². The molecule has 0 unspecified atom stereocenters. The van der Waals surface area contributed by atoms with Gasteiger partial charge in [0.2, 0.25) is 22.0 Å². The smallest absolute Gasteiger partial charge is 0.240 e. The number of anilines is 1. The summed E-state index contributed by atoms with van der Waals surface area (Å²) in [6, 6.07) is 8.36. The van der Waals surface area contributed by atoms with E-state index in [4.69, 9.17) is 57.9 Å². The van der Waals surface area contributed by atoms with Crippen LogP contribution in [0.5, 0.6) is 0 Å². The second-order valence-electron chi connectivity index (χ2n) is 11.8. The number of rotatable bonds is 13. The summed E-state index contributed by atoms with van der Waals surface area (Å²) < 4.78 is 0. The van der Waals surface area contributed by atoms with E-state index in [1.807, 2.05) is 15.9 Å². The lowest BCUT2D eigenvalue weighted by atomic mass is 9.93. The normalized spacial score (nSPS) is 18.2. The first-order valence-electron chi connectivity index (χ1n) is 14.9. The summed E-state index contributed by atoms with van der Waals surface area (Å²) in [5.41, 5.74) is 16.3. The highest BCUT2D eigenvalue weighted by molar-refractivity contribution is 7.13. The van der Waals surface area contributed by atoms with Crippen molar-refractivity contribution in [3.8, 4) is 0 Å². The number of nitrogens with two attached hydrogens (primary N) is 2. The Kier molecular flexibility index (Phi) is 13.1. The Balaban J connectivity index is 1.54. The zero-order valence-corrected chi connectivity index (χ0v) is 29.2. The van der Waals surface area contributed by atoms with Crippen LogP contribution < -0.4 is 16.8 Å². The predicted molar refractivity (Wildman–Crippen MR) is 180 cm³/mol. The molecule has 1 aromatic heterocycles. The average Bonchev–Trinajstić information content (AvgIpc) is 3.51. The number of benzene rings is 2. The van der Waals surface area contributed by atoms with E-state index in [0.717, 1.165) is 22.7 Å².